The molecule has 2 aromatic carbocycles. The van der Waals surface area contributed by atoms with Gasteiger partial charge >= 0.3 is 0 Å². The maximum absolute atomic E-state index is 5.23. The van der Waals surface area contributed by atoms with Crippen LogP contribution in [0.5, 0.6) is 5.75 Å². The summed E-state index contributed by atoms with van der Waals surface area (Å²) in [5.41, 5.74) is 3.51. The van der Waals surface area contributed by atoms with Crippen molar-refractivity contribution in [2.45, 2.75) is 29.8 Å². The maximum atomic E-state index is 5.23. The van der Waals surface area contributed by atoms with Crippen molar-refractivity contribution in [3.63, 3.8) is 0 Å². The van der Waals surface area contributed by atoms with Crippen molar-refractivity contribution in [1.29, 1.82) is 0 Å². The lowest BCUT2D eigenvalue weighted by Crippen LogP contribution is -1.99. The van der Waals surface area contributed by atoms with Gasteiger partial charge in [0.1, 0.15) is 5.75 Å². The number of nitrogens with one attached hydrogen (secondary N) is 1. The lowest BCUT2D eigenvalue weighted by atomic mass is 10.1. The number of H-pyrrole nitrogens is 1. The molecule has 5 rings (SSSR count). The summed E-state index contributed by atoms with van der Waals surface area (Å²) in [5.74, 6) is 2.71. The van der Waals surface area contributed by atoms with Crippen molar-refractivity contribution in [2.24, 2.45) is 0 Å². The Balaban J connectivity index is 1.45. The van der Waals surface area contributed by atoms with E-state index >= 15 is 0 Å². The smallest absolute Gasteiger partial charge is 0.192 e. The molecule has 6 heteroatoms. The van der Waals surface area contributed by atoms with Gasteiger partial charge in [0.2, 0.25) is 0 Å². The molecule has 0 amide bonds. The zero-order valence-electron chi connectivity index (χ0n) is 15.1. The summed E-state index contributed by atoms with van der Waals surface area (Å²) in [6, 6.07) is 17.1. The highest BCUT2D eigenvalue weighted by molar-refractivity contribution is 7.98. The first-order chi connectivity index (χ1) is 13.3. The summed E-state index contributed by atoms with van der Waals surface area (Å²) >= 11 is 1.74. The number of aromatic amines is 1. The molecule has 0 radical (unpaired) electrons. The largest absolute Gasteiger partial charge is 0.497 e. The highest BCUT2D eigenvalue weighted by Crippen LogP contribution is 2.42. The zero-order chi connectivity index (χ0) is 18.2. The number of thioether (sulfide) groups is 1. The second-order valence-electron chi connectivity index (χ2n) is 6.79. The summed E-state index contributed by atoms with van der Waals surface area (Å²) in [6.07, 6.45) is 4.44. The zero-order valence-corrected chi connectivity index (χ0v) is 15.9. The number of benzene rings is 2. The first kappa shape index (κ1) is 16.4. The van der Waals surface area contributed by atoms with Gasteiger partial charge in [-0.25, -0.2) is 0 Å². The van der Waals surface area contributed by atoms with Crippen LogP contribution in [0.2, 0.25) is 0 Å². The number of methoxy groups -OCH3 is 1. The van der Waals surface area contributed by atoms with E-state index in [-0.39, 0.29) is 0 Å². The van der Waals surface area contributed by atoms with Gasteiger partial charge in [-0.1, -0.05) is 42.1 Å². The minimum atomic E-state index is 0.516. The van der Waals surface area contributed by atoms with Crippen molar-refractivity contribution in [1.82, 2.24) is 19.7 Å². The number of hydrogen-bond donors (Lipinski definition) is 1. The Labute approximate surface area is 161 Å². The van der Waals surface area contributed by atoms with E-state index in [4.69, 9.17) is 4.74 Å². The molecule has 0 atom stereocenters. The molecule has 2 aromatic heterocycles. The van der Waals surface area contributed by atoms with Crippen LogP contribution in [0.15, 0.2) is 59.9 Å². The number of ether oxygens (including phenoxy) is 1. The second kappa shape index (κ2) is 6.78. The van der Waals surface area contributed by atoms with Crippen LogP contribution in [0.25, 0.3) is 22.3 Å². The van der Waals surface area contributed by atoms with E-state index in [1.54, 1.807) is 18.9 Å². The summed E-state index contributed by atoms with van der Waals surface area (Å²) in [4.78, 5) is 3.35. The van der Waals surface area contributed by atoms with Crippen molar-refractivity contribution < 1.29 is 4.74 Å². The third-order valence-electron chi connectivity index (χ3n) is 4.93. The monoisotopic (exact) mass is 376 g/mol. The molecule has 27 heavy (non-hydrogen) atoms. The topological polar surface area (TPSA) is 55.7 Å². The number of fused-ring (bicyclic) bond motifs is 1. The molecule has 0 unspecified atom stereocenters. The maximum Gasteiger partial charge on any atom is 0.192 e. The van der Waals surface area contributed by atoms with Crippen molar-refractivity contribution >= 4 is 22.7 Å². The summed E-state index contributed by atoms with van der Waals surface area (Å²) in [5, 5.41) is 11.3. The number of para-hydroxylation sites is 1. The normalized spacial score (nSPS) is 14.0. The van der Waals surface area contributed by atoms with Crippen molar-refractivity contribution in [3.8, 4) is 17.1 Å². The van der Waals surface area contributed by atoms with Gasteiger partial charge in [-0.3, -0.25) is 4.57 Å². The van der Waals surface area contributed by atoms with E-state index in [9.17, 15) is 0 Å². The fraction of sp³-hybridized carbons (Fsp3) is 0.238. The molecule has 1 aliphatic rings. The molecule has 4 aromatic rings. The Kier molecular flexibility index (Phi) is 4.13. The minimum absolute atomic E-state index is 0.516. The lowest BCUT2D eigenvalue weighted by molar-refractivity contribution is 0.414. The Morgan fingerprint density at radius 2 is 1.93 bits per heavy atom. The van der Waals surface area contributed by atoms with Gasteiger partial charge in [-0.15, -0.1) is 10.2 Å². The van der Waals surface area contributed by atoms with Gasteiger partial charge in [0.05, 0.1) is 7.11 Å². The van der Waals surface area contributed by atoms with Crippen LogP contribution in [0.4, 0.5) is 0 Å². The number of aromatic nitrogens is 4. The van der Waals surface area contributed by atoms with Crippen LogP contribution in [-0.2, 0) is 5.75 Å². The molecule has 1 N–H and O–H groups in total. The van der Waals surface area contributed by atoms with E-state index in [2.05, 4.69) is 50.1 Å². The molecule has 0 saturated heterocycles. The van der Waals surface area contributed by atoms with Crippen molar-refractivity contribution in [2.75, 3.05) is 7.11 Å². The second-order valence-corrected chi connectivity index (χ2v) is 7.73. The summed E-state index contributed by atoms with van der Waals surface area (Å²) in [7, 11) is 1.69. The standard InChI is InChI=1S/C21H20N4OS/c1-26-16-10-6-14(7-11-16)13-27-21-24-23-20(25(21)15-8-9-15)18-12-22-19-5-3-2-4-17(18)19/h2-7,10-12,15,22H,8-9,13H2,1H3. The Bertz CT molecular complexity index is 1080. The van der Waals surface area contributed by atoms with E-state index in [0.717, 1.165) is 33.6 Å². The van der Waals surface area contributed by atoms with Crippen LogP contribution < -0.4 is 4.74 Å². The molecule has 1 aliphatic carbocycles. The highest BCUT2D eigenvalue weighted by atomic mass is 32.2. The van der Waals surface area contributed by atoms with Crippen LogP contribution in [0, 0.1) is 0 Å². The molecule has 1 saturated carbocycles. The van der Waals surface area contributed by atoms with Crippen LogP contribution in [0.1, 0.15) is 24.4 Å². The number of rotatable bonds is 6. The molecule has 0 aliphatic heterocycles. The van der Waals surface area contributed by atoms with Crippen LogP contribution >= 0.6 is 11.8 Å². The molecule has 0 bridgehead atoms. The molecule has 5 nitrogen and oxygen atoms in total. The molecule has 0 spiro atoms. The van der Waals surface area contributed by atoms with E-state index in [1.807, 2.05) is 24.4 Å². The molecule has 136 valence electrons. The van der Waals surface area contributed by atoms with E-state index < -0.39 is 0 Å². The minimum Gasteiger partial charge on any atom is -0.497 e. The summed E-state index contributed by atoms with van der Waals surface area (Å²) in [6.45, 7) is 0. The van der Waals surface area contributed by atoms with Gasteiger partial charge < -0.3 is 9.72 Å². The molecular formula is C21H20N4OS. The third kappa shape index (κ3) is 3.10. The Hall–Kier alpha value is -2.73. The lowest BCUT2D eigenvalue weighted by Gasteiger charge is -2.08. The first-order valence-electron chi connectivity index (χ1n) is 9.10. The Morgan fingerprint density at radius 1 is 1.11 bits per heavy atom. The number of hydrogen-bond acceptors (Lipinski definition) is 4. The molecular weight excluding hydrogens is 356 g/mol. The van der Waals surface area contributed by atoms with Crippen molar-refractivity contribution in [3.05, 3.63) is 60.3 Å². The third-order valence-corrected chi connectivity index (χ3v) is 5.95. The fourth-order valence-corrected chi connectivity index (χ4v) is 4.31. The van der Waals surface area contributed by atoms with Gasteiger partial charge in [-0.05, 0) is 36.6 Å². The van der Waals surface area contributed by atoms with Gasteiger partial charge in [0, 0.05) is 34.5 Å². The Morgan fingerprint density at radius 3 is 2.70 bits per heavy atom. The van der Waals surface area contributed by atoms with E-state index in [0.29, 0.717) is 6.04 Å². The first-order valence-corrected chi connectivity index (χ1v) is 10.1. The average molecular weight is 376 g/mol. The van der Waals surface area contributed by atoms with Crippen LogP contribution in [-0.4, -0.2) is 26.9 Å². The predicted octanol–water partition coefficient (Wildman–Crippen LogP) is 5.06. The van der Waals surface area contributed by atoms with Crippen LogP contribution in [0.3, 0.4) is 0 Å². The number of nitrogens with zero attached hydrogens (tertiary/aromatic N) is 3. The fourth-order valence-electron chi connectivity index (χ4n) is 3.35. The molecule has 1 fully saturated rings. The van der Waals surface area contributed by atoms with E-state index in [1.165, 1.54) is 23.8 Å². The SMILES string of the molecule is COc1ccc(CSc2nnc(-c3c[nH]c4ccccc34)n2C2CC2)cc1. The van der Waals surface area contributed by atoms with Gasteiger partial charge in [0.25, 0.3) is 0 Å². The highest BCUT2D eigenvalue weighted by Gasteiger charge is 2.30. The predicted molar refractivity (Wildman–Crippen MR) is 108 cm³/mol. The quantitative estimate of drug-likeness (QED) is 0.478. The molecule has 2 heterocycles. The summed E-state index contributed by atoms with van der Waals surface area (Å²) < 4.78 is 7.56. The average Bonchev–Trinajstić information content (AvgIpc) is 3.33. The van der Waals surface area contributed by atoms with Gasteiger partial charge in [0.15, 0.2) is 11.0 Å². The van der Waals surface area contributed by atoms with Gasteiger partial charge in [-0.2, -0.15) is 0 Å².